The van der Waals surface area contributed by atoms with E-state index in [1.54, 1.807) is 13.0 Å². The molecule has 7 heteroatoms. The Morgan fingerprint density at radius 2 is 1.72 bits per heavy atom. The van der Waals surface area contributed by atoms with E-state index in [4.69, 9.17) is 28.2 Å². The summed E-state index contributed by atoms with van der Waals surface area (Å²) < 4.78 is 0. The molecule has 32 heavy (non-hydrogen) atoms. The van der Waals surface area contributed by atoms with Gasteiger partial charge in [0.05, 0.1) is 5.54 Å². The maximum Gasteiger partial charge on any atom is 0.225 e. The second-order valence-electron chi connectivity index (χ2n) is 10.4. The zero-order valence-corrected chi connectivity index (χ0v) is 21.4. The fraction of sp³-hybridized carbons (Fsp3) is 0.680. The number of halogens is 2. The molecule has 1 saturated heterocycles. The highest BCUT2D eigenvalue weighted by atomic mass is 35.5. The van der Waals surface area contributed by atoms with Gasteiger partial charge >= 0.3 is 0 Å². The van der Waals surface area contributed by atoms with Gasteiger partial charge in [-0.1, -0.05) is 48.3 Å². The van der Waals surface area contributed by atoms with Crippen LogP contribution in [0, 0.1) is 17.8 Å². The highest BCUT2D eigenvalue weighted by Crippen LogP contribution is 2.57. The number of aliphatic imine (C=N–C) groups is 1. The molecule has 4 saturated carbocycles. The Hall–Kier alpha value is -0.910. The molecule has 0 radical (unpaired) electrons. The molecule has 1 aromatic rings. The Balaban J connectivity index is 1.47. The number of thioether (sulfide) groups is 1. The molecule has 0 spiro atoms. The van der Waals surface area contributed by atoms with Gasteiger partial charge in [0.15, 0.2) is 5.17 Å². The quantitative estimate of drug-likeness (QED) is 0.434. The van der Waals surface area contributed by atoms with E-state index in [1.807, 2.05) is 28.8 Å². The van der Waals surface area contributed by atoms with Crippen LogP contribution >= 0.6 is 35.0 Å². The maximum absolute atomic E-state index is 12.9. The number of carbonyl (C=O) groups is 1. The van der Waals surface area contributed by atoms with E-state index in [0.29, 0.717) is 10.0 Å². The van der Waals surface area contributed by atoms with Crippen molar-refractivity contribution < 1.29 is 4.79 Å². The number of rotatable bonds is 6. The number of amidine groups is 1. The van der Waals surface area contributed by atoms with Gasteiger partial charge in [0.1, 0.15) is 6.17 Å². The fourth-order valence-electron chi connectivity index (χ4n) is 6.98. The number of benzene rings is 1. The topological polar surface area (TPSA) is 35.9 Å². The monoisotopic (exact) mass is 493 g/mol. The number of carbonyl (C=O) groups excluding carboxylic acids is 1. The standard InChI is InChI=1S/C25H33Cl2N3OS/c1-3-4-5-29-23(30(16(2)31)22-10-20(26)9-21(27)11-22)15-32-24(29)28-25-12-17-6-18(13-25)8-19(7-17)14-25/h9-11,17-19,23H,3-8,12-15H2,1-2H3. The molecular formula is C25H33Cl2N3OS. The number of nitrogens with zero attached hydrogens (tertiary/aromatic N) is 3. The van der Waals surface area contributed by atoms with Crippen LogP contribution in [0.3, 0.4) is 0 Å². The van der Waals surface area contributed by atoms with Crippen molar-refractivity contribution in [3.8, 4) is 0 Å². The summed E-state index contributed by atoms with van der Waals surface area (Å²) in [5.74, 6) is 3.45. The summed E-state index contributed by atoms with van der Waals surface area (Å²) in [6, 6.07) is 5.39. The Morgan fingerprint density at radius 3 is 2.25 bits per heavy atom. The molecule has 4 aliphatic carbocycles. The normalized spacial score (nSPS) is 34.5. The van der Waals surface area contributed by atoms with E-state index in [9.17, 15) is 4.79 Å². The fourth-order valence-corrected chi connectivity index (χ4v) is 8.76. The molecule has 174 valence electrons. The maximum atomic E-state index is 12.9. The predicted molar refractivity (Wildman–Crippen MR) is 136 cm³/mol. The van der Waals surface area contributed by atoms with E-state index in [1.165, 1.54) is 38.5 Å². The van der Waals surface area contributed by atoms with Crippen LogP contribution in [0.2, 0.25) is 10.0 Å². The lowest BCUT2D eigenvalue weighted by atomic mass is 9.53. The SMILES string of the molecule is CCCCN1C(=NC23CC4CC(CC(C4)C2)C3)SCC1N(C(C)=O)c1cc(Cl)cc(Cl)c1. The van der Waals surface area contributed by atoms with Gasteiger partial charge < -0.3 is 4.90 Å². The van der Waals surface area contributed by atoms with E-state index in [0.717, 1.165) is 53.7 Å². The Morgan fingerprint density at radius 1 is 1.12 bits per heavy atom. The first-order valence-electron chi connectivity index (χ1n) is 12.1. The molecule has 1 atom stereocenters. The third-order valence-corrected chi connectivity index (χ3v) is 9.31. The molecule has 5 aliphatic rings. The Kier molecular flexibility index (Phi) is 6.45. The third kappa shape index (κ3) is 4.42. The molecule has 4 bridgehead atoms. The van der Waals surface area contributed by atoms with Crippen LogP contribution < -0.4 is 4.90 Å². The highest BCUT2D eigenvalue weighted by molar-refractivity contribution is 8.14. The predicted octanol–water partition coefficient (Wildman–Crippen LogP) is 6.85. The van der Waals surface area contributed by atoms with E-state index in [2.05, 4.69) is 11.8 Å². The van der Waals surface area contributed by atoms with Gasteiger partial charge in [-0.25, -0.2) is 0 Å². The van der Waals surface area contributed by atoms with Crippen molar-refractivity contribution in [2.75, 3.05) is 17.2 Å². The molecule has 0 N–H and O–H groups in total. The van der Waals surface area contributed by atoms with Crippen molar-refractivity contribution >= 4 is 51.7 Å². The van der Waals surface area contributed by atoms with Crippen LogP contribution in [0.4, 0.5) is 5.69 Å². The summed E-state index contributed by atoms with van der Waals surface area (Å²) in [6.07, 6.45) is 10.2. The smallest absolute Gasteiger partial charge is 0.225 e. The lowest BCUT2D eigenvalue weighted by molar-refractivity contribution is -0.117. The lowest BCUT2D eigenvalue weighted by Gasteiger charge is -2.55. The summed E-state index contributed by atoms with van der Waals surface area (Å²) in [5.41, 5.74) is 0.898. The first-order valence-corrected chi connectivity index (χ1v) is 13.8. The molecule has 6 rings (SSSR count). The number of unbranched alkanes of at least 4 members (excludes halogenated alkanes) is 1. The van der Waals surface area contributed by atoms with Crippen molar-refractivity contribution in [2.45, 2.75) is 76.9 Å². The van der Waals surface area contributed by atoms with Crippen molar-refractivity contribution in [2.24, 2.45) is 22.7 Å². The van der Waals surface area contributed by atoms with Gasteiger partial charge in [-0.2, -0.15) is 0 Å². The lowest BCUT2D eigenvalue weighted by Crippen LogP contribution is -2.52. The molecule has 1 amide bonds. The minimum Gasteiger partial charge on any atom is -0.330 e. The van der Waals surface area contributed by atoms with Crippen LogP contribution in [0.15, 0.2) is 23.2 Å². The summed E-state index contributed by atoms with van der Waals surface area (Å²) in [6.45, 7) is 4.76. The zero-order chi connectivity index (χ0) is 22.5. The molecule has 1 unspecified atom stereocenters. The molecule has 1 aliphatic heterocycles. The number of hydrogen-bond acceptors (Lipinski definition) is 3. The van der Waals surface area contributed by atoms with Gasteiger partial charge in [-0.05, 0) is 80.9 Å². The van der Waals surface area contributed by atoms with Crippen LogP contribution in [0.5, 0.6) is 0 Å². The van der Waals surface area contributed by atoms with Crippen LogP contribution in [-0.2, 0) is 4.79 Å². The molecule has 1 heterocycles. The second kappa shape index (κ2) is 9.03. The zero-order valence-electron chi connectivity index (χ0n) is 19.0. The first-order chi connectivity index (χ1) is 15.4. The van der Waals surface area contributed by atoms with Crippen molar-refractivity contribution in [3.63, 3.8) is 0 Å². The minimum atomic E-state index is -0.0637. The van der Waals surface area contributed by atoms with Gasteiger partial charge in [0.25, 0.3) is 0 Å². The van der Waals surface area contributed by atoms with Gasteiger partial charge in [0, 0.05) is 35.0 Å². The van der Waals surface area contributed by atoms with Gasteiger partial charge in [-0.15, -0.1) is 0 Å². The number of amides is 1. The number of anilines is 1. The van der Waals surface area contributed by atoms with E-state index < -0.39 is 0 Å². The summed E-state index contributed by atoms with van der Waals surface area (Å²) in [4.78, 5) is 22.6. The van der Waals surface area contributed by atoms with Crippen LogP contribution in [0.1, 0.15) is 65.2 Å². The molecule has 4 nitrogen and oxygen atoms in total. The molecular weight excluding hydrogens is 461 g/mol. The Labute approximate surface area is 206 Å². The minimum absolute atomic E-state index is 0.00601. The molecule has 1 aromatic carbocycles. The van der Waals surface area contributed by atoms with E-state index >= 15 is 0 Å². The van der Waals surface area contributed by atoms with Crippen molar-refractivity contribution in [3.05, 3.63) is 28.2 Å². The van der Waals surface area contributed by atoms with Gasteiger partial charge in [-0.3, -0.25) is 14.7 Å². The van der Waals surface area contributed by atoms with E-state index in [-0.39, 0.29) is 17.6 Å². The van der Waals surface area contributed by atoms with Crippen molar-refractivity contribution in [1.29, 1.82) is 0 Å². The van der Waals surface area contributed by atoms with Crippen molar-refractivity contribution in [1.82, 2.24) is 4.90 Å². The number of hydrogen-bond donors (Lipinski definition) is 0. The largest absolute Gasteiger partial charge is 0.330 e. The van der Waals surface area contributed by atoms with Crippen LogP contribution in [-0.4, -0.2) is 40.0 Å². The van der Waals surface area contributed by atoms with Gasteiger partial charge in [0.2, 0.25) is 5.91 Å². The molecule has 0 aromatic heterocycles. The average molecular weight is 495 g/mol. The first kappa shape index (κ1) is 22.9. The summed E-state index contributed by atoms with van der Waals surface area (Å²) >= 11 is 14.4. The second-order valence-corrected chi connectivity index (χ2v) is 12.3. The van der Waals surface area contributed by atoms with Crippen LogP contribution in [0.25, 0.3) is 0 Å². The average Bonchev–Trinajstić information content (AvgIpc) is 3.05. The molecule has 5 fully saturated rings. The summed E-state index contributed by atoms with van der Waals surface area (Å²) in [5, 5.41) is 2.24. The summed E-state index contributed by atoms with van der Waals surface area (Å²) in [7, 11) is 0. The highest BCUT2D eigenvalue weighted by Gasteiger charge is 2.52. The third-order valence-electron chi connectivity index (χ3n) is 7.82. The Bertz CT molecular complexity index is 865.